The first-order valence-corrected chi connectivity index (χ1v) is 8.34. The zero-order valence-electron chi connectivity index (χ0n) is 10.2. The molecule has 1 aliphatic rings. The van der Waals surface area contributed by atoms with Crippen LogP contribution in [0.25, 0.3) is 0 Å². The fraction of sp³-hybridized carbons (Fsp3) is 0.500. The summed E-state index contributed by atoms with van der Waals surface area (Å²) in [6, 6.07) is 6.81. The Balaban J connectivity index is 2.32. The van der Waals surface area contributed by atoms with Crippen LogP contribution in [0.2, 0.25) is 0 Å². The molecule has 6 heteroatoms. The molecule has 1 unspecified atom stereocenters. The number of rotatable bonds is 3. The van der Waals surface area contributed by atoms with Crippen molar-refractivity contribution in [3.8, 4) is 0 Å². The summed E-state index contributed by atoms with van der Waals surface area (Å²) < 4.78 is 31.9. The zero-order chi connectivity index (χ0) is 13.2. The van der Waals surface area contributed by atoms with E-state index >= 15 is 0 Å². The first-order chi connectivity index (χ1) is 8.55. The van der Waals surface area contributed by atoms with E-state index in [-0.39, 0.29) is 6.04 Å². The molecule has 0 spiro atoms. The lowest BCUT2D eigenvalue weighted by molar-refractivity contribution is 0.0413. The molecule has 1 saturated heterocycles. The van der Waals surface area contributed by atoms with Gasteiger partial charge in [-0.05, 0) is 19.1 Å². The molecule has 1 aromatic carbocycles. The average Bonchev–Trinajstić information content (AvgIpc) is 2.39. The van der Waals surface area contributed by atoms with Crippen LogP contribution in [0.5, 0.6) is 0 Å². The number of nitrogens with zero attached hydrogens (tertiary/aromatic N) is 1. The number of morpholine rings is 1. The van der Waals surface area contributed by atoms with Gasteiger partial charge in [0.25, 0.3) is 0 Å². The van der Waals surface area contributed by atoms with E-state index in [4.69, 9.17) is 4.74 Å². The number of ether oxygens (including phenoxy) is 1. The van der Waals surface area contributed by atoms with Crippen molar-refractivity contribution in [2.45, 2.75) is 17.9 Å². The molecule has 18 heavy (non-hydrogen) atoms. The molecule has 1 aromatic rings. The molecule has 1 aliphatic heterocycles. The van der Waals surface area contributed by atoms with Crippen molar-refractivity contribution in [2.24, 2.45) is 0 Å². The van der Waals surface area contributed by atoms with Crippen LogP contribution in [-0.2, 0) is 14.8 Å². The first-order valence-electron chi connectivity index (χ1n) is 5.78. The Labute approximate surface area is 116 Å². The zero-order valence-corrected chi connectivity index (χ0v) is 12.6. The van der Waals surface area contributed by atoms with Crippen molar-refractivity contribution in [1.82, 2.24) is 4.31 Å². The molecule has 0 radical (unpaired) electrons. The van der Waals surface area contributed by atoms with Crippen LogP contribution in [0.15, 0.2) is 29.2 Å². The average molecular weight is 334 g/mol. The van der Waals surface area contributed by atoms with Gasteiger partial charge in [-0.25, -0.2) is 8.42 Å². The van der Waals surface area contributed by atoms with Crippen molar-refractivity contribution in [3.63, 3.8) is 0 Å². The van der Waals surface area contributed by atoms with E-state index in [9.17, 15) is 8.42 Å². The lowest BCUT2D eigenvalue weighted by atomic mass is 10.2. The van der Waals surface area contributed by atoms with E-state index in [2.05, 4.69) is 15.9 Å². The van der Waals surface area contributed by atoms with Crippen molar-refractivity contribution in [1.29, 1.82) is 0 Å². The summed E-state index contributed by atoms with van der Waals surface area (Å²) in [5.41, 5.74) is 1.05. The van der Waals surface area contributed by atoms with Crippen LogP contribution in [0.3, 0.4) is 0 Å². The predicted octanol–water partition coefficient (Wildman–Crippen LogP) is 1.78. The van der Waals surface area contributed by atoms with E-state index in [0.29, 0.717) is 30.0 Å². The summed E-state index contributed by atoms with van der Waals surface area (Å²) in [6.45, 7) is 3.24. The van der Waals surface area contributed by atoms with Crippen LogP contribution in [0.1, 0.15) is 5.56 Å². The molecule has 0 aromatic heterocycles. The number of halogens is 1. The van der Waals surface area contributed by atoms with Gasteiger partial charge in [0.1, 0.15) is 0 Å². The van der Waals surface area contributed by atoms with Gasteiger partial charge in [0.05, 0.1) is 24.2 Å². The Kier molecular flexibility index (Phi) is 4.42. The predicted molar refractivity (Wildman–Crippen MR) is 73.5 cm³/mol. The molecule has 0 N–H and O–H groups in total. The Morgan fingerprint density at radius 3 is 2.67 bits per heavy atom. The van der Waals surface area contributed by atoms with Crippen molar-refractivity contribution < 1.29 is 13.2 Å². The van der Waals surface area contributed by atoms with Crippen LogP contribution in [0.4, 0.5) is 0 Å². The molecule has 100 valence electrons. The number of aryl methyl sites for hydroxylation is 1. The summed E-state index contributed by atoms with van der Waals surface area (Å²) in [5, 5.41) is 0.581. The van der Waals surface area contributed by atoms with Crippen LogP contribution in [-0.4, -0.2) is 43.9 Å². The van der Waals surface area contributed by atoms with Crippen LogP contribution in [0, 0.1) is 6.92 Å². The maximum absolute atomic E-state index is 12.5. The third-order valence-corrected chi connectivity index (χ3v) is 5.69. The van der Waals surface area contributed by atoms with Gasteiger partial charge in [0, 0.05) is 11.9 Å². The molecule has 4 nitrogen and oxygen atoms in total. The lowest BCUT2D eigenvalue weighted by Gasteiger charge is -2.33. The minimum atomic E-state index is -3.42. The minimum absolute atomic E-state index is 0.134. The molecule has 2 rings (SSSR count). The quantitative estimate of drug-likeness (QED) is 0.792. The fourth-order valence-corrected chi connectivity index (χ4v) is 4.24. The Bertz CT molecular complexity index is 501. The molecule has 1 atom stereocenters. The van der Waals surface area contributed by atoms with Gasteiger partial charge in [-0.3, -0.25) is 0 Å². The number of sulfonamides is 1. The van der Waals surface area contributed by atoms with E-state index < -0.39 is 10.0 Å². The molecule has 0 saturated carbocycles. The number of alkyl halides is 1. The van der Waals surface area contributed by atoms with Gasteiger partial charge in [-0.15, -0.1) is 0 Å². The van der Waals surface area contributed by atoms with Crippen molar-refractivity contribution >= 4 is 26.0 Å². The molecule has 0 bridgehead atoms. The largest absolute Gasteiger partial charge is 0.378 e. The molecular weight excluding hydrogens is 318 g/mol. The lowest BCUT2D eigenvalue weighted by Crippen LogP contribution is -2.49. The molecule has 0 aliphatic carbocycles. The summed E-state index contributed by atoms with van der Waals surface area (Å²) in [4.78, 5) is 0.348. The van der Waals surface area contributed by atoms with Gasteiger partial charge in [-0.1, -0.05) is 33.6 Å². The smallest absolute Gasteiger partial charge is 0.243 e. The SMILES string of the molecule is Cc1ccc(S(=O)(=O)N2CCOCC2CBr)cc1. The first kappa shape index (κ1) is 14.0. The highest BCUT2D eigenvalue weighted by atomic mass is 79.9. The summed E-state index contributed by atoms with van der Waals surface area (Å²) >= 11 is 3.34. The maximum Gasteiger partial charge on any atom is 0.243 e. The van der Waals surface area contributed by atoms with Gasteiger partial charge in [0.2, 0.25) is 10.0 Å². The van der Waals surface area contributed by atoms with Crippen LogP contribution < -0.4 is 0 Å². The Morgan fingerprint density at radius 2 is 2.06 bits per heavy atom. The standard InChI is InChI=1S/C12H16BrNO3S/c1-10-2-4-12(5-3-10)18(15,16)14-6-7-17-9-11(14)8-13/h2-5,11H,6-9H2,1H3. The number of hydrogen-bond donors (Lipinski definition) is 0. The van der Waals surface area contributed by atoms with Crippen molar-refractivity contribution in [2.75, 3.05) is 25.1 Å². The fourth-order valence-electron chi connectivity index (χ4n) is 1.92. The molecule has 1 fully saturated rings. The third kappa shape index (κ3) is 2.77. The maximum atomic E-state index is 12.5. The molecule has 1 heterocycles. The highest BCUT2D eigenvalue weighted by Crippen LogP contribution is 2.21. The van der Waals surface area contributed by atoms with E-state index in [1.807, 2.05) is 19.1 Å². The van der Waals surface area contributed by atoms with E-state index in [0.717, 1.165) is 5.56 Å². The van der Waals surface area contributed by atoms with Gasteiger partial charge in [0.15, 0.2) is 0 Å². The van der Waals surface area contributed by atoms with E-state index in [1.54, 1.807) is 12.1 Å². The number of benzene rings is 1. The Morgan fingerprint density at radius 1 is 1.39 bits per heavy atom. The minimum Gasteiger partial charge on any atom is -0.378 e. The van der Waals surface area contributed by atoms with Crippen molar-refractivity contribution in [3.05, 3.63) is 29.8 Å². The molecule has 0 amide bonds. The third-order valence-electron chi connectivity index (χ3n) is 2.98. The van der Waals surface area contributed by atoms with E-state index in [1.165, 1.54) is 4.31 Å². The highest BCUT2D eigenvalue weighted by molar-refractivity contribution is 9.09. The second-order valence-electron chi connectivity index (χ2n) is 4.31. The second kappa shape index (κ2) is 5.69. The summed E-state index contributed by atoms with van der Waals surface area (Å²) in [6.07, 6.45) is 0. The highest BCUT2D eigenvalue weighted by Gasteiger charge is 2.33. The van der Waals surface area contributed by atoms with Gasteiger partial charge >= 0.3 is 0 Å². The summed E-state index contributed by atoms with van der Waals surface area (Å²) in [7, 11) is -3.42. The number of hydrogen-bond acceptors (Lipinski definition) is 3. The second-order valence-corrected chi connectivity index (χ2v) is 6.85. The topological polar surface area (TPSA) is 46.6 Å². The molecular formula is C12H16BrNO3S. The summed E-state index contributed by atoms with van der Waals surface area (Å²) in [5.74, 6) is 0. The normalized spacial score (nSPS) is 22.0. The van der Waals surface area contributed by atoms with Gasteiger partial charge < -0.3 is 4.74 Å². The van der Waals surface area contributed by atoms with Gasteiger partial charge in [-0.2, -0.15) is 4.31 Å². The monoisotopic (exact) mass is 333 g/mol. The van der Waals surface area contributed by atoms with Crippen LogP contribution >= 0.6 is 15.9 Å². The Hall–Kier alpha value is -0.430.